The fraction of sp³-hybridized carbons (Fsp3) is 0.898. The maximum absolute atomic E-state index is 12.3. The zero-order valence-corrected chi connectivity index (χ0v) is 41.8. The van der Waals surface area contributed by atoms with Crippen molar-refractivity contribution in [1.29, 1.82) is 0 Å². The molecule has 0 saturated carbocycles. The lowest BCUT2D eigenvalue weighted by molar-refractivity contribution is -0.139. The molecule has 3 heterocycles. The van der Waals surface area contributed by atoms with Gasteiger partial charge in [0.15, 0.2) is 16.6 Å². The SMILES string of the molecule is CCCCCCCCCC[C@H](O[Si](C)(C)C(C)(C)C)[C@H]1CC[C@H]([C@H]2CC[C@H]([C@@H](O)C/C=C/CCCCCCC[C@H](CC3=C[C@H](C)OC3=O)O[Si](C)(C)C(C)(C)C)O2)O1. The number of unbranched alkanes of at least 4 members (excludes halogenated alkanes) is 12. The van der Waals surface area contributed by atoms with Crippen LogP contribution in [0.15, 0.2) is 23.8 Å². The minimum atomic E-state index is -1.95. The quantitative estimate of drug-likeness (QED) is 0.0363. The van der Waals surface area contributed by atoms with Crippen LogP contribution >= 0.6 is 0 Å². The molecular formula is C49H92O7Si2. The molecule has 58 heavy (non-hydrogen) atoms. The third-order valence-electron chi connectivity index (χ3n) is 14.2. The Bertz CT molecular complexity index is 1230. The Morgan fingerprint density at radius 2 is 1.24 bits per heavy atom. The molecule has 2 fully saturated rings. The number of allylic oxidation sites excluding steroid dienone is 1. The number of rotatable bonds is 28. The van der Waals surface area contributed by atoms with Crippen LogP contribution in [0.25, 0.3) is 0 Å². The number of hydrogen-bond acceptors (Lipinski definition) is 7. The number of hydrogen-bond donors (Lipinski definition) is 1. The number of carbonyl (C=O) groups excluding carboxylic acids is 1. The summed E-state index contributed by atoms with van der Waals surface area (Å²) in [7, 11) is -3.88. The summed E-state index contributed by atoms with van der Waals surface area (Å²) in [6, 6.07) is 0. The summed E-state index contributed by atoms with van der Waals surface area (Å²) in [5.74, 6) is -0.176. The van der Waals surface area contributed by atoms with Crippen molar-refractivity contribution in [2.45, 2.75) is 282 Å². The van der Waals surface area contributed by atoms with Gasteiger partial charge in [-0.1, -0.05) is 138 Å². The molecular weight excluding hydrogens is 757 g/mol. The third kappa shape index (κ3) is 17.5. The van der Waals surface area contributed by atoms with E-state index in [2.05, 4.69) is 86.8 Å². The number of aliphatic hydroxyl groups is 1. The molecule has 3 aliphatic heterocycles. The predicted molar refractivity (Wildman–Crippen MR) is 247 cm³/mol. The lowest BCUT2D eigenvalue weighted by atomic mass is 10.0. The average Bonchev–Trinajstić information content (AvgIpc) is 3.89. The molecule has 338 valence electrons. The lowest BCUT2D eigenvalue weighted by Gasteiger charge is -2.41. The van der Waals surface area contributed by atoms with Gasteiger partial charge in [-0.3, -0.25) is 0 Å². The second-order valence-corrected chi connectivity index (χ2v) is 30.9. The molecule has 0 spiro atoms. The topological polar surface area (TPSA) is 83.5 Å². The molecule has 0 amide bonds. The van der Waals surface area contributed by atoms with Crippen LogP contribution in [0, 0.1) is 0 Å². The van der Waals surface area contributed by atoms with E-state index >= 15 is 0 Å². The summed E-state index contributed by atoms with van der Waals surface area (Å²) in [5.41, 5.74) is 0.782. The van der Waals surface area contributed by atoms with Crippen LogP contribution in [-0.4, -0.2) is 76.5 Å². The van der Waals surface area contributed by atoms with Crippen LogP contribution in [0.3, 0.4) is 0 Å². The molecule has 7 nitrogen and oxygen atoms in total. The van der Waals surface area contributed by atoms with Crippen LogP contribution in [0.5, 0.6) is 0 Å². The van der Waals surface area contributed by atoms with Gasteiger partial charge in [-0.15, -0.1) is 0 Å². The smallest absolute Gasteiger partial charge is 0.334 e. The van der Waals surface area contributed by atoms with Gasteiger partial charge in [-0.05, 0) is 107 Å². The zero-order valence-electron chi connectivity index (χ0n) is 39.8. The van der Waals surface area contributed by atoms with E-state index in [4.69, 9.17) is 23.1 Å². The van der Waals surface area contributed by atoms with Crippen molar-refractivity contribution in [1.82, 2.24) is 0 Å². The van der Waals surface area contributed by atoms with Crippen molar-refractivity contribution in [2.75, 3.05) is 0 Å². The van der Waals surface area contributed by atoms with E-state index in [0.29, 0.717) is 12.8 Å². The Balaban J connectivity index is 1.34. The van der Waals surface area contributed by atoms with Crippen LogP contribution in [0.1, 0.15) is 197 Å². The molecule has 0 aromatic heterocycles. The monoisotopic (exact) mass is 849 g/mol. The second kappa shape index (κ2) is 24.7. The van der Waals surface area contributed by atoms with Crippen molar-refractivity contribution >= 4 is 22.6 Å². The van der Waals surface area contributed by atoms with Gasteiger partial charge in [0.2, 0.25) is 0 Å². The highest BCUT2D eigenvalue weighted by Crippen LogP contribution is 2.42. The summed E-state index contributed by atoms with van der Waals surface area (Å²) in [6.45, 7) is 27.4. The van der Waals surface area contributed by atoms with Crippen molar-refractivity contribution < 1.29 is 33.0 Å². The Kier molecular flexibility index (Phi) is 22.0. The summed E-state index contributed by atoms with van der Waals surface area (Å²) in [5, 5.41) is 11.4. The molecule has 0 aromatic rings. The third-order valence-corrected chi connectivity index (χ3v) is 23.2. The normalized spacial score (nSPS) is 25.1. The van der Waals surface area contributed by atoms with Crippen molar-refractivity contribution in [3.8, 4) is 0 Å². The van der Waals surface area contributed by atoms with Gasteiger partial charge in [0.05, 0.1) is 36.6 Å². The van der Waals surface area contributed by atoms with E-state index in [1.54, 1.807) is 0 Å². The highest BCUT2D eigenvalue weighted by Gasteiger charge is 2.45. The number of aliphatic hydroxyl groups excluding tert-OH is 1. The number of ether oxygens (including phenoxy) is 3. The second-order valence-electron chi connectivity index (χ2n) is 21.4. The van der Waals surface area contributed by atoms with Gasteiger partial charge in [0.1, 0.15) is 6.10 Å². The van der Waals surface area contributed by atoms with Crippen molar-refractivity contribution in [3.63, 3.8) is 0 Å². The molecule has 1 N–H and O–H groups in total. The highest BCUT2D eigenvalue weighted by atomic mass is 28.4. The summed E-state index contributed by atoms with van der Waals surface area (Å²) in [6.07, 6.45) is 31.0. The first-order valence-corrected chi connectivity index (χ1v) is 30.0. The Morgan fingerprint density at radius 1 is 0.724 bits per heavy atom. The molecule has 0 aromatic carbocycles. The van der Waals surface area contributed by atoms with Crippen LogP contribution in [0.2, 0.25) is 36.3 Å². The minimum Gasteiger partial charge on any atom is -0.455 e. The van der Waals surface area contributed by atoms with Gasteiger partial charge in [0, 0.05) is 18.1 Å². The molecule has 0 bridgehead atoms. The maximum Gasteiger partial charge on any atom is 0.334 e. The highest BCUT2D eigenvalue weighted by molar-refractivity contribution is 6.74. The van der Waals surface area contributed by atoms with Gasteiger partial charge in [0.25, 0.3) is 0 Å². The van der Waals surface area contributed by atoms with E-state index in [-0.39, 0.29) is 58.8 Å². The number of esters is 1. The summed E-state index contributed by atoms with van der Waals surface area (Å²) in [4.78, 5) is 12.3. The van der Waals surface area contributed by atoms with Crippen LogP contribution in [0.4, 0.5) is 0 Å². The van der Waals surface area contributed by atoms with Gasteiger partial charge in [-0.25, -0.2) is 4.79 Å². The van der Waals surface area contributed by atoms with Crippen LogP contribution in [-0.2, 0) is 27.9 Å². The zero-order chi connectivity index (χ0) is 43.0. The van der Waals surface area contributed by atoms with Crippen molar-refractivity contribution in [2.24, 2.45) is 0 Å². The van der Waals surface area contributed by atoms with Crippen molar-refractivity contribution in [3.05, 3.63) is 23.8 Å². The molecule has 0 aliphatic carbocycles. The van der Waals surface area contributed by atoms with E-state index in [1.165, 1.54) is 70.6 Å². The molecule has 0 unspecified atom stereocenters. The van der Waals surface area contributed by atoms with E-state index in [0.717, 1.165) is 63.4 Å². The molecule has 3 aliphatic rings. The Morgan fingerprint density at radius 3 is 1.81 bits per heavy atom. The molecule has 3 rings (SSSR count). The lowest BCUT2D eigenvalue weighted by Crippen LogP contribution is -2.47. The first-order chi connectivity index (χ1) is 27.2. The predicted octanol–water partition coefficient (Wildman–Crippen LogP) is 13.7. The first-order valence-electron chi connectivity index (χ1n) is 24.2. The van der Waals surface area contributed by atoms with E-state index in [1.807, 2.05) is 13.0 Å². The average molecular weight is 849 g/mol. The largest absolute Gasteiger partial charge is 0.455 e. The summed E-state index contributed by atoms with van der Waals surface area (Å²) < 4.78 is 32.6. The van der Waals surface area contributed by atoms with E-state index < -0.39 is 22.7 Å². The standard InChI is InChI=1S/C49H92O7Si2/c1-13-14-15-16-17-22-25-28-31-46(56-58(11,12)49(6,7)8)45-35-34-44(54-45)43-33-32-42(53-43)41(50)30-27-24-21-19-18-20-23-26-29-40(55-57(9,10)48(3,4)5)37-39-36-38(2)52-47(39)51/h24,27,36,38,40-46,50H,13-23,25-26,28-35,37H2,1-12H3/b27-24+/t38-,40+,41-,42+,43+,44+,45+,46-/m0/s1. The number of cyclic esters (lactones) is 1. The Labute approximate surface area is 359 Å². The van der Waals surface area contributed by atoms with Crippen LogP contribution < -0.4 is 0 Å². The molecule has 8 atom stereocenters. The number of carbonyl (C=O) groups is 1. The van der Waals surface area contributed by atoms with Gasteiger partial charge >= 0.3 is 5.97 Å². The molecule has 9 heteroatoms. The molecule has 0 radical (unpaired) electrons. The summed E-state index contributed by atoms with van der Waals surface area (Å²) >= 11 is 0. The van der Waals surface area contributed by atoms with E-state index in [9.17, 15) is 9.90 Å². The van der Waals surface area contributed by atoms with Gasteiger partial charge in [-0.2, -0.15) is 0 Å². The Hall–Kier alpha value is -0.816. The molecule has 2 saturated heterocycles. The van der Waals surface area contributed by atoms with Gasteiger partial charge < -0.3 is 28.2 Å². The fourth-order valence-electron chi connectivity index (χ4n) is 8.33. The first kappa shape index (κ1) is 51.5. The fourth-order valence-corrected chi connectivity index (χ4v) is 11.1. The minimum absolute atomic E-state index is 0.0646. The maximum atomic E-state index is 12.3.